The summed E-state index contributed by atoms with van der Waals surface area (Å²) in [5.41, 5.74) is 1.73. The Hall–Kier alpha value is -2.16. The van der Waals surface area contributed by atoms with Gasteiger partial charge in [-0.1, -0.05) is 12.1 Å². The molecule has 0 aliphatic carbocycles. The third-order valence-electron chi connectivity index (χ3n) is 2.48. The summed E-state index contributed by atoms with van der Waals surface area (Å²) in [4.78, 5) is 0. The van der Waals surface area contributed by atoms with Crippen LogP contribution in [-0.2, 0) is 0 Å². The number of phenolic OH excluding ortho intramolecular Hbond substituents is 1. The van der Waals surface area contributed by atoms with E-state index in [2.05, 4.69) is 6.07 Å². The number of ether oxygens (including phenoxy) is 2. The van der Waals surface area contributed by atoms with Gasteiger partial charge in [-0.2, -0.15) is 0 Å². The monoisotopic (exact) mass is 229 g/mol. The summed E-state index contributed by atoms with van der Waals surface area (Å²) in [5, 5.41) is 9.48. The summed E-state index contributed by atoms with van der Waals surface area (Å²) in [6.07, 6.45) is 0. The van der Waals surface area contributed by atoms with Crippen molar-refractivity contribution in [1.29, 1.82) is 0 Å². The molecular weight excluding hydrogens is 216 g/mol. The lowest BCUT2D eigenvalue weighted by atomic mass is 10.0. The second-order valence-corrected chi connectivity index (χ2v) is 3.51. The fourth-order valence-corrected chi connectivity index (χ4v) is 1.72. The van der Waals surface area contributed by atoms with Crippen LogP contribution in [0, 0.1) is 6.07 Å². The number of rotatable bonds is 3. The van der Waals surface area contributed by atoms with Crippen LogP contribution in [0.5, 0.6) is 17.2 Å². The van der Waals surface area contributed by atoms with Crippen LogP contribution in [0.1, 0.15) is 0 Å². The van der Waals surface area contributed by atoms with Gasteiger partial charge in [-0.3, -0.25) is 0 Å². The number of benzene rings is 2. The maximum Gasteiger partial charge on any atom is 0.169 e. The van der Waals surface area contributed by atoms with E-state index in [9.17, 15) is 5.11 Å². The maximum absolute atomic E-state index is 9.48. The molecule has 17 heavy (non-hydrogen) atoms. The largest absolute Gasteiger partial charge is 0.508 e. The van der Waals surface area contributed by atoms with Gasteiger partial charge < -0.3 is 14.6 Å². The molecule has 0 bridgehead atoms. The summed E-state index contributed by atoms with van der Waals surface area (Å²) in [5.74, 6) is 1.38. The van der Waals surface area contributed by atoms with Gasteiger partial charge in [0.05, 0.1) is 14.2 Å². The minimum Gasteiger partial charge on any atom is -0.508 e. The summed E-state index contributed by atoms with van der Waals surface area (Å²) in [6.45, 7) is 0. The van der Waals surface area contributed by atoms with E-state index < -0.39 is 0 Å². The van der Waals surface area contributed by atoms with Crippen molar-refractivity contribution in [3.63, 3.8) is 0 Å². The van der Waals surface area contributed by atoms with E-state index in [1.165, 1.54) is 0 Å². The molecular formula is C14H13O3. The lowest BCUT2D eigenvalue weighted by molar-refractivity contribution is 0.355. The van der Waals surface area contributed by atoms with Crippen molar-refractivity contribution in [3.05, 3.63) is 42.5 Å². The Bertz CT molecular complexity index is 521. The molecule has 87 valence electrons. The van der Waals surface area contributed by atoms with Crippen molar-refractivity contribution >= 4 is 0 Å². The lowest BCUT2D eigenvalue weighted by Gasteiger charge is -2.12. The van der Waals surface area contributed by atoms with E-state index in [0.29, 0.717) is 11.5 Å². The Morgan fingerprint density at radius 3 is 2.59 bits per heavy atom. The van der Waals surface area contributed by atoms with Crippen LogP contribution in [0.15, 0.2) is 36.4 Å². The van der Waals surface area contributed by atoms with Gasteiger partial charge in [0.1, 0.15) is 5.75 Å². The first-order chi connectivity index (χ1) is 8.26. The van der Waals surface area contributed by atoms with Crippen LogP contribution < -0.4 is 9.47 Å². The molecule has 1 radical (unpaired) electrons. The first-order valence-electron chi connectivity index (χ1n) is 5.18. The Morgan fingerprint density at radius 2 is 1.94 bits per heavy atom. The van der Waals surface area contributed by atoms with Crippen LogP contribution in [0.25, 0.3) is 11.1 Å². The van der Waals surface area contributed by atoms with Crippen molar-refractivity contribution in [2.45, 2.75) is 0 Å². The first-order valence-corrected chi connectivity index (χ1v) is 5.18. The second-order valence-electron chi connectivity index (χ2n) is 3.51. The molecule has 0 spiro atoms. The molecule has 0 unspecified atom stereocenters. The van der Waals surface area contributed by atoms with Crippen LogP contribution in [0.4, 0.5) is 0 Å². The SMILES string of the molecule is COc1[c]ccc(-c2cccc(O)c2)c1OC. The zero-order chi connectivity index (χ0) is 12.3. The van der Waals surface area contributed by atoms with Crippen molar-refractivity contribution in [1.82, 2.24) is 0 Å². The Labute approximate surface area is 100 Å². The third-order valence-corrected chi connectivity index (χ3v) is 2.48. The van der Waals surface area contributed by atoms with E-state index in [1.54, 1.807) is 38.5 Å². The standard InChI is InChI=1S/C14H13O3/c1-16-13-8-4-7-12(14(13)17-2)10-5-3-6-11(15)9-10/h3-7,9,15H,1-2H3. The molecule has 0 saturated carbocycles. The van der Waals surface area contributed by atoms with Gasteiger partial charge in [0.25, 0.3) is 0 Å². The first kappa shape index (κ1) is 11.3. The van der Waals surface area contributed by atoms with Gasteiger partial charge in [0, 0.05) is 11.6 Å². The fourth-order valence-electron chi connectivity index (χ4n) is 1.72. The average Bonchev–Trinajstić information content (AvgIpc) is 2.37. The third kappa shape index (κ3) is 2.18. The van der Waals surface area contributed by atoms with E-state index in [4.69, 9.17) is 9.47 Å². The number of hydrogen-bond acceptors (Lipinski definition) is 3. The van der Waals surface area contributed by atoms with Crippen molar-refractivity contribution in [2.75, 3.05) is 14.2 Å². The van der Waals surface area contributed by atoms with Gasteiger partial charge in [-0.05, 0) is 29.8 Å². The zero-order valence-corrected chi connectivity index (χ0v) is 9.73. The van der Waals surface area contributed by atoms with Crippen molar-refractivity contribution < 1.29 is 14.6 Å². The molecule has 3 heteroatoms. The minimum atomic E-state index is 0.219. The summed E-state index contributed by atoms with van der Waals surface area (Å²) in [6, 6.07) is 13.6. The topological polar surface area (TPSA) is 38.7 Å². The van der Waals surface area contributed by atoms with E-state index >= 15 is 0 Å². The molecule has 0 heterocycles. The van der Waals surface area contributed by atoms with E-state index in [-0.39, 0.29) is 5.75 Å². The highest BCUT2D eigenvalue weighted by molar-refractivity contribution is 5.74. The Morgan fingerprint density at radius 1 is 1.12 bits per heavy atom. The lowest BCUT2D eigenvalue weighted by Crippen LogP contribution is -1.93. The molecule has 0 amide bonds. The van der Waals surface area contributed by atoms with Gasteiger partial charge in [0.15, 0.2) is 11.5 Å². The predicted molar refractivity (Wildman–Crippen MR) is 65.5 cm³/mol. The van der Waals surface area contributed by atoms with E-state index in [0.717, 1.165) is 11.1 Å². The summed E-state index contributed by atoms with van der Waals surface area (Å²) in [7, 11) is 3.15. The molecule has 2 aromatic rings. The number of phenols is 1. The zero-order valence-electron chi connectivity index (χ0n) is 9.73. The Balaban J connectivity index is 2.59. The molecule has 0 aliphatic heterocycles. The highest BCUT2D eigenvalue weighted by atomic mass is 16.5. The maximum atomic E-state index is 9.48. The quantitative estimate of drug-likeness (QED) is 0.879. The van der Waals surface area contributed by atoms with Crippen molar-refractivity contribution in [2.24, 2.45) is 0 Å². The van der Waals surface area contributed by atoms with Gasteiger partial charge in [-0.15, -0.1) is 0 Å². The van der Waals surface area contributed by atoms with Crippen LogP contribution in [-0.4, -0.2) is 19.3 Å². The van der Waals surface area contributed by atoms with Crippen LogP contribution in [0.2, 0.25) is 0 Å². The van der Waals surface area contributed by atoms with Crippen LogP contribution in [0.3, 0.4) is 0 Å². The molecule has 2 aromatic carbocycles. The molecule has 0 atom stereocenters. The number of methoxy groups -OCH3 is 2. The highest BCUT2D eigenvalue weighted by Gasteiger charge is 2.11. The summed E-state index contributed by atoms with van der Waals surface area (Å²) >= 11 is 0. The number of aromatic hydroxyl groups is 1. The molecule has 1 N–H and O–H groups in total. The van der Waals surface area contributed by atoms with Crippen LogP contribution >= 0.6 is 0 Å². The molecule has 0 aliphatic rings. The van der Waals surface area contributed by atoms with Gasteiger partial charge in [0.2, 0.25) is 0 Å². The van der Waals surface area contributed by atoms with Crippen molar-refractivity contribution in [3.8, 4) is 28.4 Å². The van der Waals surface area contributed by atoms with Gasteiger partial charge in [-0.25, -0.2) is 0 Å². The average molecular weight is 229 g/mol. The van der Waals surface area contributed by atoms with E-state index in [1.807, 2.05) is 12.1 Å². The Kier molecular flexibility index (Phi) is 3.19. The smallest absolute Gasteiger partial charge is 0.169 e. The molecule has 2 rings (SSSR count). The molecule has 3 nitrogen and oxygen atoms in total. The van der Waals surface area contributed by atoms with Gasteiger partial charge >= 0.3 is 0 Å². The highest BCUT2D eigenvalue weighted by Crippen LogP contribution is 2.38. The minimum absolute atomic E-state index is 0.219. The second kappa shape index (κ2) is 4.78. The number of hydrogen-bond donors (Lipinski definition) is 1. The molecule has 0 aromatic heterocycles. The predicted octanol–water partition coefficient (Wildman–Crippen LogP) is 2.88. The molecule has 0 fully saturated rings. The summed E-state index contributed by atoms with van der Waals surface area (Å²) < 4.78 is 10.5. The molecule has 0 saturated heterocycles. The fraction of sp³-hybridized carbons (Fsp3) is 0.143. The normalized spacial score (nSPS) is 10.0.